The van der Waals surface area contributed by atoms with Crippen LogP contribution in [-0.2, 0) is 0 Å². The summed E-state index contributed by atoms with van der Waals surface area (Å²) >= 11 is 7.48. The van der Waals surface area contributed by atoms with Crippen molar-refractivity contribution in [3.8, 4) is 5.75 Å². The fraction of sp³-hybridized carbons (Fsp3) is 0.188. The number of hydrogen-bond acceptors (Lipinski definition) is 3. The SMILES string of the molecule is COc1ccc(C(=O)CCSc2ccc(Cl)cc2)cc1. The van der Waals surface area contributed by atoms with Crippen LogP contribution in [0, 0.1) is 0 Å². The number of ketones is 1. The Morgan fingerprint density at radius 3 is 2.35 bits per heavy atom. The molecule has 0 aliphatic rings. The van der Waals surface area contributed by atoms with E-state index in [1.165, 1.54) is 0 Å². The number of ether oxygens (including phenoxy) is 1. The second-order valence-corrected chi connectivity index (χ2v) is 5.81. The Labute approximate surface area is 128 Å². The van der Waals surface area contributed by atoms with Crippen LogP contribution in [0.3, 0.4) is 0 Å². The number of Topliss-reactive ketones (excluding diaryl/α,β-unsaturated/α-hetero) is 1. The molecule has 104 valence electrons. The number of benzene rings is 2. The minimum atomic E-state index is 0.147. The molecule has 0 amide bonds. The molecular formula is C16H15ClO2S. The Hall–Kier alpha value is -1.45. The maximum Gasteiger partial charge on any atom is 0.163 e. The highest BCUT2D eigenvalue weighted by Crippen LogP contribution is 2.22. The summed E-state index contributed by atoms with van der Waals surface area (Å²) in [5, 5.41) is 0.726. The molecule has 2 rings (SSSR count). The van der Waals surface area contributed by atoms with Crippen LogP contribution in [-0.4, -0.2) is 18.6 Å². The molecule has 0 spiro atoms. The minimum absolute atomic E-state index is 0.147. The van der Waals surface area contributed by atoms with Crippen LogP contribution in [0.25, 0.3) is 0 Å². The molecule has 0 atom stereocenters. The Morgan fingerprint density at radius 2 is 1.75 bits per heavy atom. The van der Waals surface area contributed by atoms with Gasteiger partial charge >= 0.3 is 0 Å². The molecule has 2 nitrogen and oxygen atoms in total. The molecule has 0 saturated heterocycles. The topological polar surface area (TPSA) is 26.3 Å². The number of hydrogen-bond donors (Lipinski definition) is 0. The smallest absolute Gasteiger partial charge is 0.163 e. The minimum Gasteiger partial charge on any atom is -0.497 e. The third kappa shape index (κ3) is 4.29. The average Bonchev–Trinajstić information content (AvgIpc) is 2.49. The zero-order chi connectivity index (χ0) is 14.4. The highest BCUT2D eigenvalue weighted by molar-refractivity contribution is 7.99. The van der Waals surface area contributed by atoms with Crippen molar-refractivity contribution in [3.05, 3.63) is 59.1 Å². The normalized spacial score (nSPS) is 10.3. The summed E-state index contributed by atoms with van der Waals surface area (Å²) in [5.41, 5.74) is 0.725. The molecule has 0 heterocycles. The van der Waals surface area contributed by atoms with E-state index in [0.29, 0.717) is 6.42 Å². The van der Waals surface area contributed by atoms with E-state index in [0.717, 1.165) is 27.0 Å². The number of thioether (sulfide) groups is 1. The van der Waals surface area contributed by atoms with Gasteiger partial charge in [-0.3, -0.25) is 4.79 Å². The first-order valence-corrected chi connectivity index (χ1v) is 7.61. The lowest BCUT2D eigenvalue weighted by Crippen LogP contribution is -2.00. The molecule has 4 heteroatoms. The highest BCUT2D eigenvalue weighted by Gasteiger charge is 2.06. The number of halogens is 1. The van der Waals surface area contributed by atoms with E-state index < -0.39 is 0 Å². The monoisotopic (exact) mass is 306 g/mol. The van der Waals surface area contributed by atoms with Gasteiger partial charge in [0.05, 0.1) is 7.11 Å². The molecule has 2 aromatic carbocycles. The van der Waals surface area contributed by atoms with Crippen LogP contribution in [0.1, 0.15) is 16.8 Å². The van der Waals surface area contributed by atoms with Gasteiger partial charge < -0.3 is 4.74 Å². The Morgan fingerprint density at radius 1 is 1.10 bits per heavy atom. The van der Waals surface area contributed by atoms with E-state index in [1.54, 1.807) is 43.1 Å². The summed E-state index contributed by atoms with van der Waals surface area (Å²) in [4.78, 5) is 13.1. The van der Waals surface area contributed by atoms with Gasteiger partial charge in [-0.15, -0.1) is 11.8 Å². The van der Waals surface area contributed by atoms with Crippen LogP contribution in [0.2, 0.25) is 5.02 Å². The number of carbonyl (C=O) groups excluding carboxylic acids is 1. The van der Waals surface area contributed by atoms with Crippen molar-refractivity contribution >= 4 is 29.1 Å². The maximum atomic E-state index is 12.0. The van der Waals surface area contributed by atoms with Crippen molar-refractivity contribution in [1.29, 1.82) is 0 Å². The first kappa shape index (κ1) is 14.9. The van der Waals surface area contributed by atoms with Crippen molar-refractivity contribution in [1.82, 2.24) is 0 Å². The Balaban J connectivity index is 1.83. The molecular weight excluding hydrogens is 292 g/mol. The highest BCUT2D eigenvalue weighted by atomic mass is 35.5. The lowest BCUT2D eigenvalue weighted by molar-refractivity contribution is 0.0989. The Bertz CT molecular complexity index is 564. The molecule has 0 fully saturated rings. The van der Waals surface area contributed by atoms with Gasteiger partial charge in [0, 0.05) is 27.7 Å². The average molecular weight is 307 g/mol. The summed E-state index contributed by atoms with van der Waals surface area (Å²) in [6, 6.07) is 14.8. The largest absolute Gasteiger partial charge is 0.497 e. The third-order valence-corrected chi connectivity index (χ3v) is 4.09. The Kier molecular flexibility index (Phi) is 5.50. The predicted octanol–water partition coefficient (Wildman–Crippen LogP) is 4.71. The van der Waals surface area contributed by atoms with Crippen LogP contribution in [0.15, 0.2) is 53.4 Å². The van der Waals surface area contributed by atoms with Gasteiger partial charge in [-0.2, -0.15) is 0 Å². The number of rotatable bonds is 6. The van der Waals surface area contributed by atoms with Gasteiger partial charge in [0.1, 0.15) is 5.75 Å². The van der Waals surface area contributed by atoms with Crippen molar-refractivity contribution in [3.63, 3.8) is 0 Å². The summed E-state index contributed by atoms with van der Waals surface area (Å²) < 4.78 is 5.07. The van der Waals surface area contributed by atoms with E-state index in [-0.39, 0.29) is 5.78 Å². The molecule has 0 aliphatic carbocycles. The van der Waals surface area contributed by atoms with Crippen LogP contribution in [0.4, 0.5) is 0 Å². The molecule has 0 unspecified atom stereocenters. The van der Waals surface area contributed by atoms with E-state index in [2.05, 4.69) is 0 Å². The quantitative estimate of drug-likeness (QED) is 0.571. The van der Waals surface area contributed by atoms with Crippen molar-refractivity contribution in [2.24, 2.45) is 0 Å². The van der Waals surface area contributed by atoms with E-state index >= 15 is 0 Å². The molecule has 0 N–H and O–H groups in total. The standard InChI is InChI=1S/C16H15ClO2S/c1-19-14-6-2-12(3-7-14)16(18)10-11-20-15-8-4-13(17)5-9-15/h2-9H,10-11H2,1H3. The van der Waals surface area contributed by atoms with Gasteiger partial charge in [-0.1, -0.05) is 11.6 Å². The first-order valence-electron chi connectivity index (χ1n) is 6.24. The fourth-order valence-electron chi connectivity index (χ4n) is 1.71. The van der Waals surface area contributed by atoms with Crippen molar-refractivity contribution in [2.45, 2.75) is 11.3 Å². The van der Waals surface area contributed by atoms with Gasteiger partial charge in [-0.25, -0.2) is 0 Å². The molecule has 0 radical (unpaired) electrons. The second-order valence-electron chi connectivity index (χ2n) is 4.20. The number of carbonyl (C=O) groups is 1. The number of methoxy groups -OCH3 is 1. The van der Waals surface area contributed by atoms with Crippen LogP contribution < -0.4 is 4.74 Å². The van der Waals surface area contributed by atoms with E-state index in [9.17, 15) is 4.79 Å². The van der Waals surface area contributed by atoms with Crippen LogP contribution in [0.5, 0.6) is 5.75 Å². The summed E-state index contributed by atoms with van der Waals surface area (Å²) in [5.74, 6) is 1.66. The van der Waals surface area contributed by atoms with E-state index in [1.807, 2.05) is 24.3 Å². The van der Waals surface area contributed by atoms with Gasteiger partial charge in [0.25, 0.3) is 0 Å². The van der Waals surface area contributed by atoms with Gasteiger partial charge in [-0.05, 0) is 48.5 Å². The van der Waals surface area contributed by atoms with Gasteiger partial charge in [0.15, 0.2) is 5.78 Å². The zero-order valence-electron chi connectivity index (χ0n) is 11.1. The predicted molar refractivity (Wildman–Crippen MR) is 84.1 cm³/mol. The molecule has 0 saturated carbocycles. The molecule has 20 heavy (non-hydrogen) atoms. The van der Waals surface area contributed by atoms with Gasteiger partial charge in [0.2, 0.25) is 0 Å². The lowest BCUT2D eigenvalue weighted by atomic mass is 10.1. The lowest BCUT2D eigenvalue weighted by Gasteiger charge is -2.04. The second kappa shape index (κ2) is 7.36. The summed E-state index contributed by atoms with van der Waals surface area (Å²) in [7, 11) is 1.61. The first-order chi connectivity index (χ1) is 9.69. The fourth-order valence-corrected chi connectivity index (χ4v) is 2.69. The molecule has 2 aromatic rings. The maximum absolute atomic E-state index is 12.0. The zero-order valence-corrected chi connectivity index (χ0v) is 12.7. The van der Waals surface area contributed by atoms with E-state index in [4.69, 9.17) is 16.3 Å². The summed E-state index contributed by atoms with van der Waals surface area (Å²) in [6.07, 6.45) is 0.514. The molecule has 0 aliphatic heterocycles. The molecule has 0 aromatic heterocycles. The summed E-state index contributed by atoms with van der Waals surface area (Å²) in [6.45, 7) is 0. The third-order valence-electron chi connectivity index (χ3n) is 2.82. The van der Waals surface area contributed by atoms with Crippen molar-refractivity contribution < 1.29 is 9.53 Å². The van der Waals surface area contributed by atoms with Crippen LogP contribution >= 0.6 is 23.4 Å². The molecule has 0 bridgehead atoms. The van der Waals surface area contributed by atoms with Crippen molar-refractivity contribution in [2.75, 3.05) is 12.9 Å².